The summed E-state index contributed by atoms with van der Waals surface area (Å²) in [5, 5.41) is 13.6. The van der Waals surface area contributed by atoms with Gasteiger partial charge in [0.05, 0.1) is 12.6 Å². The molecule has 0 aromatic carbocycles. The second kappa shape index (κ2) is 5.20. The molecular formula is C6H14N2O2. The lowest BCUT2D eigenvalue weighted by atomic mass is 10.3. The van der Waals surface area contributed by atoms with Gasteiger partial charge in [-0.15, -0.1) is 0 Å². The molecule has 0 saturated heterocycles. The van der Waals surface area contributed by atoms with E-state index in [1.807, 2.05) is 0 Å². The first kappa shape index (κ1) is 9.39. The Bertz CT molecular complexity index is 106. The molecule has 10 heavy (non-hydrogen) atoms. The van der Waals surface area contributed by atoms with Gasteiger partial charge in [0.2, 0.25) is 5.91 Å². The number of nitrogens with one attached hydrogen (secondary N) is 2. The van der Waals surface area contributed by atoms with Crippen LogP contribution in [0.2, 0.25) is 0 Å². The van der Waals surface area contributed by atoms with Gasteiger partial charge >= 0.3 is 0 Å². The summed E-state index contributed by atoms with van der Waals surface area (Å²) >= 11 is 0. The Kier molecular flexibility index (Phi) is 4.88. The highest BCUT2D eigenvalue weighted by molar-refractivity contribution is 5.81. The van der Waals surface area contributed by atoms with Crippen LogP contribution in [0.1, 0.15) is 6.92 Å². The first-order valence-electron chi connectivity index (χ1n) is 3.28. The molecule has 0 rings (SSSR count). The molecule has 0 heterocycles. The summed E-state index contributed by atoms with van der Waals surface area (Å²) < 4.78 is 0. The highest BCUT2D eigenvalue weighted by Crippen LogP contribution is 1.77. The molecule has 0 aliphatic carbocycles. The summed E-state index contributed by atoms with van der Waals surface area (Å²) in [5.74, 6) is -0.0865. The fourth-order valence-corrected chi connectivity index (χ4v) is 0.463. The molecule has 4 heteroatoms. The molecular weight excluding hydrogens is 132 g/mol. The number of rotatable bonds is 4. The van der Waals surface area contributed by atoms with E-state index >= 15 is 0 Å². The van der Waals surface area contributed by atoms with Gasteiger partial charge in [-0.3, -0.25) is 4.79 Å². The van der Waals surface area contributed by atoms with Crippen LogP contribution in [0.4, 0.5) is 0 Å². The maximum atomic E-state index is 10.8. The molecule has 0 radical (unpaired) electrons. The fraction of sp³-hybridized carbons (Fsp3) is 0.833. The third-order valence-corrected chi connectivity index (χ3v) is 1.24. The summed E-state index contributed by atoms with van der Waals surface area (Å²) in [5.41, 5.74) is 0. The van der Waals surface area contributed by atoms with Gasteiger partial charge in [-0.2, -0.15) is 0 Å². The summed E-state index contributed by atoms with van der Waals surface area (Å²) in [4.78, 5) is 10.8. The molecule has 3 N–H and O–H groups in total. The topological polar surface area (TPSA) is 61.4 Å². The first-order chi connectivity index (χ1) is 4.72. The van der Waals surface area contributed by atoms with Gasteiger partial charge < -0.3 is 15.7 Å². The number of amides is 1. The molecule has 0 bridgehead atoms. The summed E-state index contributed by atoms with van der Waals surface area (Å²) in [7, 11) is 1.71. The second-order valence-electron chi connectivity index (χ2n) is 2.02. The molecule has 0 aromatic rings. The number of aliphatic hydroxyl groups is 1. The van der Waals surface area contributed by atoms with Gasteiger partial charge in [0, 0.05) is 6.54 Å². The van der Waals surface area contributed by atoms with Crippen molar-refractivity contribution in [3.63, 3.8) is 0 Å². The first-order valence-corrected chi connectivity index (χ1v) is 3.28. The zero-order chi connectivity index (χ0) is 7.98. The van der Waals surface area contributed by atoms with E-state index in [0.717, 1.165) is 0 Å². The van der Waals surface area contributed by atoms with Crippen molar-refractivity contribution >= 4 is 5.91 Å². The zero-order valence-electron chi connectivity index (χ0n) is 6.35. The van der Waals surface area contributed by atoms with E-state index in [1.54, 1.807) is 14.0 Å². The number of carbonyl (C=O) groups is 1. The Labute approximate surface area is 60.6 Å². The highest BCUT2D eigenvalue weighted by atomic mass is 16.3. The Balaban J connectivity index is 3.42. The standard InChI is InChI=1S/C6H14N2O2/c1-5(7-2)6(10)8-3-4-9/h5,7,9H,3-4H2,1-2H3,(H,8,10)/t5-/m0/s1. The van der Waals surface area contributed by atoms with Gasteiger partial charge in [0.1, 0.15) is 0 Å². The minimum Gasteiger partial charge on any atom is -0.395 e. The van der Waals surface area contributed by atoms with E-state index in [-0.39, 0.29) is 18.6 Å². The number of hydrogen-bond acceptors (Lipinski definition) is 3. The molecule has 1 amide bonds. The molecule has 1 atom stereocenters. The molecule has 0 aliphatic rings. The minimum absolute atomic E-state index is 0.0117. The van der Waals surface area contributed by atoms with Gasteiger partial charge in [0.25, 0.3) is 0 Å². The van der Waals surface area contributed by atoms with Crippen LogP contribution in [-0.4, -0.2) is 37.3 Å². The maximum absolute atomic E-state index is 10.8. The summed E-state index contributed by atoms with van der Waals surface area (Å²) in [6.45, 7) is 2.07. The Morgan fingerprint density at radius 1 is 1.70 bits per heavy atom. The van der Waals surface area contributed by atoms with Crippen molar-refractivity contribution in [2.75, 3.05) is 20.2 Å². The van der Waals surface area contributed by atoms with Crippen LogP contribution in [0.25, 0.3) is 0 Å². The SMILES string of the molecule is CN[C@@H](C)C(=O)NCCO. The average Bonchev–Trinajstić information content (AvgIpc) is 1.98. The minimum atomic E-state index is -0.188. The second-order valence-corrected chi connectivity index (χ2v) is 2.02. The van der Waals surface area contributed by atoms with Crippen LogP contribution < -0.4 is 10.6 Å². The maximum Gasteiger partial charge on any atom is 0.236 e. The lowest BCUT2D eigenvalue weighted by Crippen LogP contribution is -2.41. The average molecular weight is 146 g/mol. The van der Waals surface area contributed by atoms with E-state index in [0.29, 0.717) is 6.54 Å². The number of aliphatic hydroxyl groups excluding tert-OH is 1. The third kappa shape index (κ3) is 3.42. The van der Waals surface area contributed by atoms with E-state index in [4.69, 9.17) is 5.11 Å². The molecule has 60 valence electrons. The van der Waals surface area contributed by atoms with E-state index in [1.165, 1.54) is 0 Å². The molecule has 0 fully saturated rings. The normalized spacial score (nSPS) is 12.7. The quantitative estimate of drug-likeness (QED) is 0.462. The summed E-state index contributed by atoms with van der Waals surface area (Å²) in [6.07, 6.45) is 0. The lowest BCUT2D eigenvalue weighted by Gasteiger charge is -2.08. The molecule has 0 aliphatic heterocycles. The van der Waals surface area contributed by atoms with Crippen LogP contribution in [0.15, 0.2) is 0 Å². The van der Waals surface area contributed by atoms with E-state index in [9.17, 15) is 4.79 Å². The largest absolute Gasteiger partial charge is 0.395 e. The molecule has 0 saturated carbocycles. The van der Waals surface area contributed by atoms with Gasteiger partial charge in [-0.05, 0) is 14.0 Å². The fourth-order valence-electron chi connectivity index (χ4n) is 0.463. The zero-order valence-corrected chi connectivity index (χ0v) is 6.35. The highest BCUT2D eigenvalue weighted by Gasteiger charge is 2.07. The van der Waals surface area contributed by atoms with Gasteiger partial charge in [-0.1, -0.05) is 0 Å². The van der Waals surface area contributed by atoms with Crippen LogP contribution in [0.3, 0.4) is 0 Å². The monoisotopic (exact) mass is 146 g/mol. The van der Waals surface area contributed by atoms with Crippen molar-refractivity contribution in [3.05, 3.63) is 0 Å². The number of carbonyl (C=O) groups excluding carboxylic acids is 1. The third-order valence-electron chi connectivity index (χ3n) is 1.24. The lowest BCUT2D eigenvalue weighted by molar-refractivity contribution is -0.122. The smallest absolute Gasteiger partial charge is 0.236 e. The Morgan fingerprint density at radius 3 is 2.70 bits per heavy atom. The van der Waals surface area contributed by atoms with E-state index in [2.05, 4.69) is 10.6 Å². The Morgan fingerprint density at radius 2 is 2.30 bits per heavy atom. The number of hydrogen-bond donors (Lipinski definition) is 3. The van der Waals surface area contributed by atoms with E-state index < -0.39 is 0 Å². The Hall–Kier alpha value is -0.610. The van der Waals surface area contributed by atoms with Crippen molar-refractivity contribution < 1.29 is 9.90 Å². The van der Waals surface area contributed by atoms with Gasteiger partial charge in [-0.25, -0.2) is 0 Å². The predicted octanol–water partition coefficient (Wildman–Crippen LogP) is -1.30. The van der Waals surface area contributed by atoms with Crippen LogP contribution >= 0.6 is 0 Å². The van der Waals surface area contributed by atoms with Crippen LogP contribution in [-0.2, 0) is 4.79 Å². The summed E-state index contributed by atoms with van der Waals surface area (Å²) in [6, 6.07) is -0.188. The van der Waals surface area contributed by atoms with Crippen molar-refractivity contribution in [1.82, 2.24) is 10.6 Å². The molecule has 0 unspecified atom stereocenters. The van der Waals surface area contributed by atoms with Gasteiger partial charge in [0.15, 0.2) is 0 Å². The van der Waals surface area contributed by atoms with Crippen molar-refractivity contribution in [1.29, 1.82) is 0 Å². The molecule has 0 spiro atoms. The van der Waals surface area contributed by atoms with Crippen LogP contribution in [0.5, 0.6) is 0 Å². The molecule has 0 aromatic heterocycles. The van der Waals surface area contributed by atoms with Crippen LogP contribution in [0, 0.1) is 0 Å². The van der Waals surface area contributed by atoms with Crippen molar-refractivity contribution in [2.24, 2.45) is 0 Å². The number of likely N-dealkylation sites (N-methyl/N-ethyl adjacent to an activating group) is 1. The van der Waals surface area contributed by atoms with Crippen molar-refractivity contribution in [2.45, 2.75) is 13.0 Å². The van der Waals surface area contributed by atoms with Crippen molar-refractivity contribution in [3.8, 4) is 0 Å². The molecule has 4 nitrogen and oxygen atoms in total. The predicted molar refractivity (Wildman–Crippen MR) is 38.6 cm³/mol.